The van der Waals surface area contributed by atoms with Crippen LogP contribution in [0.1, 0.15) is 19.3 Å². The number of piperidine rings is 1. The van der Waals surface area contributed by atoms with Gasteiger partial charge in [0.1, 0.15) is 5.78 Å². The van der Waals surface area contributed by atoms with E-state index in [0.29, 0.717) is 32.4 Å². The van der Waals surface area contributed by atoms with Crippen LogP contribution >= 0.6 is 0 Å². The van der Waals surface area contributed by atoms with Crippen LogP contribution in [0.4, 0.5) is 0 Å². The molecule has 0 saturated carbocycles. The summed E-state index contributed by atoms with van der Waals surface area (Å²) in [4.78, 5) is 26.3. The Morgan fingerprint density at radius 2 is 1.93 bits per heavy atom. The lowest BCUT2D eigenvalue weighted by molar-refractivity contribution is -0.134. The first-order valence-corrected chi connectivity index (χ1v) is 5.04. The van der Waals surface area contributed by atoms with E-state index in [9.17, 15) is 9.59 Å². The molecule has 1 saturated heterocycles. The zero-order chi connectivity index (χ0) is 10.6. The summed E-state index contributed by atoms with van der Waals surface area (Å²) in [7, 11) is 3.90. The third kappa shape index (κ3) is 3.46. The van der Waals surface area contributed by atoms with E-state index < -0.39 is 0 Å². The summed E-state index contributed by atoms with van der Waals surface area (Å²) < 4.78 is 0. The van der Waals surface area contributed by atoms with Gasteiger partial charge in [-0.1, -0.05) is 0 Å². The Balaban J connectivity index is 2.27. The topological polar surface area (TPSA) is 40.6 Å². The van der Waals surface area contributed by atoms with Gasteiger partial charge in [0.2, 0.25) is 5.91 Å². The van der Waals surface area contributed by atoms with Crippen molar-refractivity contribution < 1.29 is 9.59 Å². The molecule has 1 aliphatic heterocycles. The molecule has 1 aliphatic rings. The molecule has 0 N–H and O–H groups in total. The number of ketones is 1. The predicted octanol–water partition coefficient (Wildman–Crippen LogP) is 0.130. The number of rotatable bonds is 3. The van der Waals surface area contributed by atoms with Crippen molar-refractivity contribution in [2.75, 3.05) is 33.7 Å². The van der Waals surface area contributed by atoms with Crippen molar-refractivity contribution in [3.05, 3.63) is 0 Å². The zero-order valence-electron chi connectivity index (χ0n) is 8.95. The fourth-order valence-corrected chi connectivity index (χ4v) is 1.48. The van der Waals surface area contributed by atoms with E-state index >= 15 is 0 Å². The lowest BCUT2D eigenvalue weighted by Gasteiger charge is -2.26. The molecular formula is C10H18N2O2. The Kier molecular flexibility index (Phi) is 4.07. The number of hydrogen-bond acceptors (Lipinski definition) is 3. The minimum Gasteiger partial charge on any atom is -0.342 e. The summed E-state index contributed by atoms with van der Waals surface area (Å²) in [5.41, 5.74) is 0. The maximum atomic E-state index is 11.6. The molecule has 0 aromatic carbocycles. The number of nitrogens with zero attached hydrogens (tertiary/aromatic N) is 2. The van der Waals surface area contributed by atoms with E-state index in [-0.39, 0.29) is 11.7 Å². The maximum absolute atomic E-state index is 11.6. The number of amides is 1. The van der Waals surface area contributed by atoms with Crippen LogP contribution < -0.4 is 0 Å². The standard InChI is InChI=1S/C10H18N2O2/c1-11(2)6-5-10(14)12-7-3-9(13)4-8-12/h3-8H2,1-2H3. The van der Waals surface area contributed by atoms with Crippen molar-refractivity contribution in [1.82, 2.24) is 9.80 Å². The molecule has 1 rings (SSSR count). The summed E-state index contributed by atoms with van der Waals surface area (Å²) >= 11 is 0. The molecule has 0 spiro atoms. The normalized spacial score (nSPS) is 17.6. The second kappa shape index (κ2) is 5.10. The number of carbonyl (C=O) groups excluding carboxylic acids is 2. The third-order valence-corrected chi connectivity index (χ3v) is 2.45. The average molecular weight is 198 g/mol. The van der Waals surface area contributed by atoms with E-state index in [0.717, 1.165) is 6.54 Å². The summed E-state index contributed by atoms with van der Waals surface area (Å²) in [6.45, 7) is 2.01. The zero-order valence-corrected chi connectivity index (χ0v) is 8.95. The lowest BCUT2D eigenvalue weighted by atomic mass is 10.1. The minimum atomic E-state index is 0.172. The minimum absolute atomic E-state index is 0.172. The Morgan fingerprint density at radius 3 is 2.43 bits per heavy atom. The smallest absolute Gasteiger partial charge is 0.223 e. The van der Waals surface area contributed by atoms with Gasteiger partial charge in [0, 0.05) is 38.9 Å². The van der Waals surface area contributed by atoms with Gasteiger partial charge >= 0.3 is 0 Å². The van der Waals surface area contributed by atoms with Crippen LogP contribution in [-0.4, -0.2) is 55.2 Å². The van der Waals surface area contributed by atoms with Crippen LogP contribution in [0, 0.1) is 0 Å². The van der Waals surface area contributed by atoms with Gasteiger partial charge in [-0.25, -0.2) is 0 Å². The van der Waals surface area contributed by atoms with Gasteiger partial charge in [0.25, 0.3) is 0 Å². The molecule has 1 amide bonds. The highest BCUT2D eigenvalue weighted by atomic mass is 16.2. The Morgan fingerprint density at radius 1 is 1.36 bits per heavy atom. The van der Waals surface area contributed by atoms with Crippen LogP contribution in [0.2, 0.25) is 0 Å². The van der Waals surface area contributed by atoms with Gasteiger partial charge < -0.3 is 9.80 Å². The van der Waals surface area contributed by atoms with Crippen molar-refractivity contribution in [1.29, 1.82) is 0 Å². The van der Waals surface area contributed by atoms with Gasteiger partial charge in [-0.3, -0.25) is 9.59 Å². The Hall–Kier alpha value is -0.900. The van der Waals surface area contributed by atoms with Gasteiger partial charge in [-0.05, 0) is 14.1 Å². The molecular weight excluding hydrogens is 180 g/mol. The van der Waals surface area contributed by atoms with Gasteiger partial charge in [0.15, 0.2) is 0 Å². The first kappa shape index (κ1) is 11.2. The number of carbonyl (C=O) groups is 2. The van der Waals surface area contributed by atoms with E-state index in [2.05, 4.69) is 0 Å². The van der Waals surface area contributed by atoms with E-state index in [1.54, 1.807) is 4.90 Å². The molecule has 0 aromatic heterocycles. The van der Waals surface area contributed by atoms with Crippen molar-refractivity contribution in [2.24, 2.45) is 0 Å². The SMILES string of the molecule is CN(C)CCC(=O)N1CCC(=O)CC1. The molecule has 0 bridgehead atoms. The van der Waals surface area contributed by atoms with E-state index in [1.807, 2.05) is 19.0 Å². The molecule has 0 radical (unpaired) electrons. The Labute approximate surface area is 84.9 Å². The predicted molar refractivity (Wildman–Crippen MR) is 54.0 cm³/mol. The van der Waals surface area contributed by atoms with Gasteiger partial charge in [-0.2, -0.15) is 0 Å². The van der Waals surface area contributed by atoms with Crippen molar-refractivity contribution in [2.45, 2.75) is 19.3 Å². The molecule has 0 unspecified atom stereocenters. The molecule has 0 aromatic rings. The molecule has 1 heterocycles. The van der Waals surface area contributed by atoms with Gasteiger partial charge in [0.05, 0.1) is 0 Å². The monoisotopic (exact) mass is 198 g/mol. The van der Waals surface area contributed by atoms with Crippen LogP contribution in [-0.2, 0) is 9.59 Å². The highest BCUT2D eigenvalue weighted by Gasteiger charge is 2.20. The van der Waals surface area contributed by atoms with Gasteiger partial charge in [-0.15, -0.1) is 0 Å². The Bertz CT molecular complexity index is 216. The van der Waals surface area contributed by atoms with Crippen LogP contribution in [0.3, 0.4) is 0 Å². The highest BCUT2D eigenvalue weighted by molar-refractivity contribution is 5.83. The maximum Gasteiger partial charge on any atom is 0.223 e. The first-order chi connectivity index (χ1) is 6.59. The fraction of sp³-hybridized carbons (Fsp3) is 0.800. The van der Waals surface area contributed by atoms with Crippen molar-refractivity contribution in [3.8, 4) is 0 Å². The number of Topliss-reactive ketones (excluding diaryl/α,β-unsaturated/α-hetero) is 1. The molecule has 4 nitrogen and oxygen atoms in total. The first-order valence-electron chi connectivity index (χ1n) is 5.04. The third-order valence-electron chi connectivity index (χ3n) is 2.45. The quantitative estimate of drug-likeness (QED) is 0.647. The fourth-order valence-electron chi connectivity index (χ4n) is 1.48. The second-order valence-electron chi connectivity index (χ2n) is 3.97. The van der Waals surface area contributed by atoms with E-state index in [1.165, 1.54) is 0 Å². The molecule has 80 valence electrons. The molecule has 4 heteroatoms. The molecule has 0 atom stereocenters. The summed E-state index contributed by atoms with van der Waals surface area (Å²) in [5, 5.41) is 0. The number of hydrogen-bond donors (Lipinski definition) is 0. The summed E-state index contributed by atoms with van der Waals surface area (Å²) in [6, 6.07) is 0. The summed E-state index contributed by atoms with van der Waals surface area (Å²) in [6.07, 6.45) is 1.63. The summed E-state index contributed by atoms with van der Waals surface area (Å²) in [5.74, 6) is 0.452. The lowest BCUT2D eigenvalue weighted by Crippen LogP contribution is -2.39. The molecule has 14 heavy (non-hydrogen) atoms. The van der Waals surface area contributed by atoms with E-state index in [4.69, 9.17) is 0 Å². The number of likely N-dealkylation sites (tertiary alicyclic amines) is 1. The van der Waals surface area contributed by atoms with Crippen LogP contribution in [0.5, 0.6) is 0 Å². The van der Waals surface area contributed by atoms with Crippen LogP contribution in [0.25, 0.3) is 0 Å². The van der Waals surface area contributed by atoms with Crippen LogP contribution in [0.15, 0.2) is 0 Å². The van der Waals surface area contributed by atoms with Crippen molar-refractivity contribution >= 4 is 11.7 Å². The highest BCUT2D eigenvalue weighted by Crippen LogP contribution is 2.07. The molecule has 1 fully saturated rings. The van der Waals surface area contributed by atoms with Crippen molar-refractivity contribution in [3.63, 3.8) is 0 Å². The second-order valence-corrected chi connectivity index (χ2v) is 3.97. The average Bonchev–Trinajstić information content (AvgIpc) is 2.15. The molecule has 0 aliphatic carbocycles. The largest absolute Gasteiger partial charge is 0.342 e.